The molecule has 66 heavy (non-hydrogen) atoms. The average molecular weight is 913 g/mol. The van der Waals surface area contributed by atoms with E-state index < -0.39 is 6.10 Å². The first-order valence-corrected chi connectivity index (χ1v) is 26.5. The molecule has 0 aliphatic heterocycles. The third-order valence-electron chi connectivity index (χ3n) is 10.7. The molecule has 0 aromatic rings. The molecule has 6 nitrogen and oxygen atoms in total. The number of unbranched alkanes of at least 4 members (excludes halogenated alkanes) is 15. The molecule has 0 bridgehead atoms. The second-order valence-electron chi connectivity index (χ2n) is 17.1. The first-order valence-electron chi connectivity index (χ1n) is 26.5. The van der Waals surface area contributed by atoms with Crippen LogP contribution in [0.2, 0.25) is 0 Å². The third kappa shape index (κ3) is 50.8. The first kappa shape index (κ1) is 61.8. The molecule has 0 amide bonds. The van der Waals surface area contributed by atoms with Crippen molar-refractivity contribution in [3.63, 3.8) is 0 Å². The van der Waals surface area contributed by atoms with Crippen LogP contribution in [-0.4, -0.2) is 37.2 Å². The van der Waals surface area contributed by atoms with E-state index in [0.29, 0.717) is 25.7 Å². The molecule has 0 aromatic carbocycles. The lowest BCUT2D eigenvalue weighted by molar-refractivity contribution is -0.167. The Morgan fingerprint density at radius 3 is 1.00 bits per heavy atom. The number of hydrogen-bond donors (Lipinski definition) is 0. The lowest BCUT2D eigenvalue weighted by Gasteiger charge is -2.18. The Bertz CT molecular complexity index is 1420. The van der Waals surface area contributed by atoms with Crippen LogP contribution in [-0.2, 0) is 28.6 Å². The highest BCUT2D eigenvalue weighted by atomic mass is 16.6. The Kier molecular flexibility index (Phi) is 50.0. The Morgan fingerprint density at radius 2 is 0.606 bits per heavy atom. The zero-order valence-corrected chi connectivity index (χ0v) is 42.4. The van der Waals surface area contributed by atoms with Crippen LogP contribution in [0, 0.1) is 0 Å². The summed E-state index contributed by atoms with van der Waals surface area (Å²) in [6.45, 7) is 6.37. The second kappa shape index (κ2) is 53.4. The fourth-order valence-electron chi connectivity index (χ4n) is 6.71. The zero-order valence-electron chi connectivity index (χ0n) is 42.4. The van der Waals surface area contributed by atoms with Crippen molar-refractivity contribution < 1.29 is 28.6 Å². The summed E-state index contributed by atoms with van der Waals surface area (Å²) in [5, 5.41) is 0. The largest absolute Gasteiger partial charge is 0.462 e. The maximum absolute atomic E-state index is 12.7. The van der Waals surface area contributed by atoms with Crippen LogP contribution < -0.4 is 0 Å². The summed E-state index contributed by atoms with van der Waals surface area (Å²) in [7, 11) is 0. The molecule has 0 saturated heterocycles. The van der Waals surface area contributed by atoms with E-state index in [1.165, 1.54) is 44.9 Å². The summed E-state index contributed by atoms with van der Waals surface area (Å²) in [5.74, 6) is -0.975. The van der Waals surface area contributed by atoms with Crippen LogP contribution in [0.3, 0.4) is 0 Å². The maximum atomic E-state index is 12.7. The molecule has 0 fully saturated rings. The van der Waals surface area contributed by atoms with Gasteiger partial charge in [0.1, 0.15) is 13.2 Å². The van der Waals surface area contributed by atoms with Gasteiger partial charge in [0.25, 0.3) is 0 Å². The van der Waals surface area contributed by atoms with Gasteiger partial charge in [-0.3, -0.25) is 14.4 Å². The van der Waals surface area contributed by atoms with Gasteiger partial charge in [-0.05, 0) is 109 Å². The molecule has 0 aliphatic rings. The van der Waals surface area contributed by atoms with Crippen molar-refractivity contribution in [1.82, 2.24) is 0 Å². The van der Waals surface area contributed by atoms with Gasteiger partial charge in [-0.2, -0.15) is 0 Å². The third-order valence-corrected chi connectivity index (χ3v) is 10.7. The minimum absolute atomic E-state index is 0.100. The van der Waals surface area contributed by atoms with E-state index in [1.54, 1.807) is 0 Å². The Balaban J connectivity index is 4.33. The van der Waals surface area contributed by atoms with Crippen molar-refractivity contribution in [3.05, 3.63) is 122 Å². The van der Waals surface area contributed by atoms with Crippen LogP contribution in [0.4, 0.5) is 0 Å². The van der Waals surface area contributed by atoms with Crippen molar-refractivity contribution in [2.45, 2.75) is 226 Å². The van der Waals surface area contributed by atoms with Crippen LogP contribution >= 0.6 is 0 Å². The molecule has 0 saturated carbocycles. The lowest BCUT2D eigenvalue weighted by atomic mass is 10.1. The first-order chi connectivity index (χ1) is 32.5. The number of carbonyl (C=O) groups excluding carboxylic acids is 3. The standard InChI is InChI=1S/C60H96O6/c1-4-7-10-13-16-18-20-22-24-25-26-27-28-29-30-31-32-33-34-35-36-38-39-41-44-47-50-53-59(62)65-56-57(55-64-58(61)52-49-46-43-15-12-9-6-3)66-60(63)54-51-48-45-42-40-37-23-21-19-17-14-11-8-5-2/h7,10,14,16-18,21-24,26-27,29-30,32-33,35-36,39,41,57H,4-6,8-9,11-13,15,19-20,25,28,31,34,37-38,40,42-56H2,1-3H3/b10-7-,17-14-,18-16-,23-21-,24-22-,27-26-,30-29-,33-32-,36-35-,41-39-. The summed E-state index contributed by atoms with van der Waals surface area (Å²) in [4.78, 5) is 37.8. The topological polar surface area (TPSA) is 78.9 Å². The number of allylic oxidation sites excluding steroid dienone is 20. The molecule has 0 rings (SSSR count). The highest BCUT2D eigenvalue weighted by molar-refractivity contribution is 5.71. The SMILES string of the molecule is CC/C=C\C/C=C\C/C=C\C/C=C\C/C=C\C/C=C\C/C=C\C/C=C\CCCCC(=O)OCC(COC(=O)CCCCCCCCC)OC(=O)CCCCCCC/C=C\C/C=C\CCCC. The summed E-state index contributed by atoms with van der Waals surface area (Å²) < 4.78 is 16.7. The number of carbonyl (C=O) groups is 3. The van der Waals surface area contributed by atoms with Crippen molar-refractivity contribution in [3.8, 4) is 0 Å². The van der Waals surface area contributed by atoms with E-state index in [9.17, 15) is 14.4 Å². The molecule has 0 radical (unpaired) electrons. The van der Waals surface area contributed by atoms with Crippen LogP contribution in [0.1, 0.15) is 220 Å². The maximum Gasteiger partial charge on any atom is 0.306 e. The normalized spacial score (nSPS) is 13.1. The summed E-state index contributed by atoms with van der Waals surface area (Å²) in [6.07, 6.45) is 73.5. The minimum atomic E-state index is -0.803. The second-order valence-corrected chi connectivity index (χ2v) is 17.1. The molecule has 0 aliphatic carbocycles. The molecule has 372 valence electrons. The van der Waals surface area contributed by atoms with Gasteiger partial charge in [0.2, 0.25) is 0 Å². The molecule has 0 N–H and O–H groups in total. The van der Waals surface area contributed by atoms with Gasteiger partial charge in [0.05, 0.1) is 0 Å². The predicted molar refractivity (Wildman–Crippen MR) is 283 cm³/mol. The van der Waals surface area contributed by atoms with Crippen molar-refractivity contribution in [2.75, 3.05) is 13.2 Å². The van der Waals surface area contributed by atoms with E-state index in [1.807, 2.05) is 0 Å². The van der Waals surface area contributed by atoms with Gasteiger partial charge in [0.15, 0.2) is 6.10 Å². The van der Waals surface area contributed by atoms with Crippen molar-refractivity contribution in [2.24, 2.45) is 0 Å². The van der Waals surface area contributed by atoms with Crippen LogP contribution in [0.15, 0.2) is 122 Å². The molecule has 0 aromatic heterocycles. The summed E-state index contributed by atoms with van der Waals surface area (Å²) in [5.41, 5.74) is 0. The average Bonchev–Trinajstić information content (AvgIpc) is 3.31. The summed E-state index contributed by atoms with van der Waals surface area (Å²) in [6, 6.07) is 0. The van der Waals surface area contributed by atoms with Crippen LogP contribution in [0.25, 0.3) is 0 Å². The fourth-order valence-corrected chi connectivity index (χ4v) is 6.71. The van der Waals surface area contributed by atoms with Gasteiger partial charge in [0, 0.05) is 19.3 Å². The molecule has 6 heteroatoms. The molecule has 0 spiro atoms. The van der Waals surface area contributed by atoms with E-state index in [-0.39, 0.29) is 31.1 Å². The lowest BCUT2D eigenvalue weighted by Crippen LogP contribution is -2.30. The number of hydrogen-bond acceptors (Lipinski definition) is 6. The van der Waals surface area contributed by atoms with Gasteiger partial charge in [-0.15, -0.1) is 0 Å². The fraction of sp³-hybridized carbons (Fsp3) is 0.617. The van der Waals surface area contributed by atoms with Gasteiger partial charge in [-0.25, -0.2) is 0 Å². The zero-order chi connectivity index (χ0) is 47.9. The number of ether oxygens (including phenoxy) is 3. The smallest absolute Gasteiger partial charge is 0.306 e. The predicted octanol–water partition coefficient (Wildman–Crippen LogP) is 17.7. The monoisotopic (exact) mass is 913 g/mol. The Hall–Kier alpha value is -4.19. The number of rotatable bonds is 46. The Morgan fingerprint density at radius 1 is 0.318 bits per heavy atom. The highest BCUT2D eigenvalue weighted by Gasteiger charge is 2.19. The van der Waals surface area contributed by atoms with Crippen molar-refractivity contribution in [1.29, 1.82) is 0 Å². The molecule has 1 unspecified atom stereocenters. The van der Waals surface area contributed by atoms with E-state index >= 15 is 0 Å². The molecule has 0 heterocycles. The highest BCUT2D eigenvalue weighted by Crippen LogP contribution is 2.12. The van der Waals surface area contributed by atoms with Gasteiger partial charge < -0.3 is 14.2 Å². The van der Waals surface area contributed by atoms with E-state index in [4.69, 9.17) is 14.2 Å². The quantitative estimate of drug-likeness (QED) is 0.0262. The van der Waals surface area contributed by atoms with Crippen LogP contribution in [0.5, 0.6) is 0 Å². The molecular weight excluding hydrogens is 817 g/mol. The summed E-state index contributed by atoms with van der Waals surface area (Å²) >= 11 is 0. The van der Waals surface area contributed by atoms with Crippen molar-refractivity contribution >= 4 is 17.9 Å². The van der Waals surface area contributed by atoms with E-state index in [0.717, 1.165) is 128 Å². The number of esters is 3. The van der Waals surface area contributed by atoms with Gasteiger partial charge in [-0.1, -0.05) is 213 Å². The molecule has 1 atom stereocenters. The minimum Gasteiger partial charge on any atom is -0.462 e. The Labute approximate surface area is 405 Å². The van der Waals surface area contributed by atoms with Gasteiger partial charge >= 0.3 is 17.9 Å². The van der Waals surface area contributed by atoms with E-state index in [2.05, 4.69) is 142 Å². The molecular formula is C60H96O6.